The molecule has 6 heteroatoms. The Morgan fingerprint density at radius 3 is 2.57 bits per heavy atom. The van der Waals surface area contributed by atoms with Gasteiger partial charge in [0, 0.05) is 6.08 Å². The summed E-state index contributed by atoms with van der Waals surface area (Å²) in [6, 6.07) is 11.8. The summed E-state index contributed by atoms with van der Waals surface area (Å²) in [7, 11) is 1.43. The molecule has 0 fully saturated rings. The molecule has 0 aliphatic carbocycles. The summed E-state index contributed by atoms with van der Waals surface area (Å²) in [5.74, 6) is 0.0754. The van der Waals surface area contributed by atoms with Crippen molar-refractivity contribution in [2.75, 3.05) is 7.11 Å². The highest BCUT2D eigenvalue weighted by Crippen LogP contribution is 2.29. The molecule has 0 bridgehead atoms. The van der Waals surface area contributed by atoms with Crippen molar-refractivity contribution in [1.82, 2.24) is 0 Å². The molecule has 0 unspecified atom stereocenters. The van der Waals surface area contributed by atoms with E-state index < -0.39 is 10.9 Å². The molecule has 0 aliphatic heterocycles. The molecule has 0 spiro atoms. The number of ether oxygens (including phenoxy) is 2. The summed E-state index contributed by atoms with van der Waals surface area (Å²) < 4.78 is 10.5. The lowest BCUT2D eigenvalue weighted by Gasteiger charge is -2.10. The summed E-state index contributed by atoms with van der Waals surface area (Å²) >= 11 is 0. The first-order valence-electron chi connectivity index (χ1n) is 6.79. The standard InChI is InChI=1S/C17H15NO5/c1-12-5-3-4-6-14(12)17(19)23-15-8-7-13(9-10-18(20)21)11-16(15)22-2/h3-11H,1-2H3/b10-9+. The molecule has 118 valence electrons. The fraction of sp³-hybridized carbons (Fsp3) is 0.118. The van der Waals surface area contributed by atoms with Crippen LogP contribution in [-0.4, -0.2) is 18.0 Å². The van der Waals surface area contributed by atoms with Gasteiger partial charge in [-0.25, -0.2) is 4.79 Å². The van der Waals surface area contributed by atoms with Crippen LogP contribution in [-0.2, 0) is 0 Å². The quantitative estimate of drug-likeness (QED) is 0.365. The highest BCUT2D eigenvalue weighted by molar-refractivity contribution is 5.92. The maximum absolute atomic E-state index is 12.2. The summed E-state index contributed by atoms with van der Waals surface area (Å²) in [5.41, 5.74) is 1.84. The Balaban J connectivity index is 2.24. The molecule has 0 heterocycles. The Hall–Kier alpha value is -3.15. The highest BCUT2D eigenvalue weighted by atomic mass is 16.6. The number of carbonyl (C=O) groups excluding carboxylic acids is 1. The van der Waals surface area contributed by atoms with E-state index in [2.05, 4.69) is 0 Å². The van der Waals surface area contributed by atoms with E-state index in [4.69, 9.17) is 9.47 Å². The van der Waals surface area contributed by atoms with E-state index in [1.54, 1.807) is 24.3 Å². The molecule has 0 aliphatic rings. The van der Waals surface area contributed by atoms with Crippen molar-refractivity contribution < 1.29 is 19.2 Å². The number of esters is 1. The smallest absolute Gasteiger partial charge is 0.343 e. The molecule has 23 heavy (non-hydrogen) atoms. The van der Waals surface area contributed by atoms with E-state index in [1.807, 2.05) is 19.1 Å². The van der Waals surface area contributed by atoms with E-state index >= 15 is 0 Å². The minimum atomic E-state index is -0.557. The normalized spacial score (nSPS) is 10.5. The number of hydrogen-bond acceptors (Lipinski definition) is 5. The zero-order valence-electron chi connectivity index (χ0n) is 12.7. The number of hydrogen-bond donors (Lipinski definition) is 0. The third-order valence-electron chi connectivity index (χ3n) is 3.14. The first-order chi connectivity index (χ1) is 11.0. The molecule has 0 radical (unpaired) electrons. The molecule has 0 N–H and O–H groups in total. The largest absolute Gasteiger partial charge is 0.493 e. The van der Waals surface area contributed by atoms with Crippen LogP contribution in [0.25, 0.3) is 6.08 Å². The highest BCUT2D eigenvalue weighted by Gasteiger charge is 2.14. The number of nitro groups is 1. The molecule has 0 saturated heterocycles. The van der Waals surface area contributed by atoms with Gasteiger partial charge in [0.1, 0.15) is 0 Å². The van der Waals surface area contributed by atoms with Crippen molar-refractivity contribution in [2.45, 2.75) is 6.92 Å². The number of carbonyl (C=O) groups is 1. The van der Waals surface area contributed by atoms with Crippen LogP contribution in [0.1, 0.15) is 21.5 Å². The van der Waals surface area contributed by atoms with Crippen molar-refractivity contribution in [3.8, 4) is 11.5 Å². The lowest BCUT2D eigenvalue weighted by molar-refractivity contribution is -0.400. The zero-order chi connectivity index (χ0) is 16.8. The van der Waals surface area contributed by atoms with Crippen molar-refractivity contribution in [3.63, 3.8) is 0 Å². The molecule has 0 saturated carbocycles. The maximum atomic E-state index is 12.2. The monoisotopic (exact) mass is 313 g/mol. The van der Waals surface area contributed by atoms with Crippen LogP contribution < -0.4 is 9.47 Å². The topological polar surface area (TPSA) is 78.7 Å². The molecule has 2 aromatic carbocycles. The van der Waals surface area contributed by atoms with Crippen LogP contribution in [0.5, 0.6) is 11.5 Å². The van der Waals surface area contributed by atoms with Gasteiger partial charge in [0.25, 0.3) is 0 Å². The van der Waals surface area contributed by atoms with E-state index in [-0.39, 0.29) is 5.75 Å². The van der Waals surface area contributed by atoms with Crippen molar-refractivity contribution in [2.24, 2.45) is 0 Å². The fourth-order valence-electron chi connectivity index (χ4n) is 1.98. The third-order valence-corrected chi connectivity index (χ3v) is 3.14. The van der Waals surface area contributed by atoms with Gasteiger partial charge >= 0.3 is 5.97 Å². The Morgan fingerprint density at radius 2 is 1.91 bits per heavy atom. The van der Waals surface area contributed by atoms with Crippen LogP contribution in [0.15, 0.2) is 48.7 Å². The number of nitrogens with zero attached hydrogens (tertiary/aromatic N) is 1. The van der Waals surface area contributed by atoms with Crippen molar-refractivity contribution >= 4 is 12.0 Å². The Kier molecular flexibility index (Phi) is 5.09. The van der Waals surface area contributed by atoms with Gasteiger partial charge < -0.3 is 9.47 Å². The average Bonchev–Trinajstić information content (AvgIpc) is 2.54. The van der Waals surface area contributed by atoms with Crippen LogP contribution in [0.4, 0.5) is 0 Å². The summed E-state index contributed by atoms with van der Waals surface area (Å²) in [4.78, 5) is 22.0. The second kappa shape index (κ2) is 7.22. The molecule has 2 aromatic rings. The lowest BCUT2D eigenvalue weighted by Crippen LogP contribution is -2.10. The Morgan fingerprint density at radius 1 is 1.17 bits per heavy atom. The van der Waals surface area contributed by atoms with E-state index in [9.17, 15) is 14.9 Å². The molecule has 0 aromatic heterocycles. The first-order valence-corrected chi connectivity index (χ1v) is 6.79. The summed E-state index contributed by atoms with van der Waals surface area (Å²) in [6.45, 7) is 1.82. The minimum Gasteiger partial charge on any atom is -0.493 e. The second-order valence-corrected chi connectivity index (χ2v) is 4.72. The van der Waals surface area contributed by atoms with Crippen molar-refractivity contribution in [3.05, 3.63) is 75.5 Å². The Bertz CT molecular complexity index is 767. The predicted octanol–water partition coefficient (Wildman–Crippen LogP) is 3.47. The van der Waals surface area contributed by atoms with E-state index in [0.717, 1.165) is 11.8 Å². The van der Waals surface area contributed by atoms with Crippen LogP contribution in [0.2, 0.25) is 0 Å². The summed E-state index contributed by atoms with van der Waals surface area (Å²) in [6.07, 6.45) is 2.16. The van der Waals surface area contributed by atoms with E-state index in [1.165, 1.54) is 19.3 Å². The zero-order valence-corrected chi connectivity index (χ0v) is 12.7. The van der Waals surface area contributed by atoms with Crippen LogP contribution in [0.3, 0.4) is 0 Å². The summed E-state index contributed by atoms with van der Waals surface area (Å²) in [5, 5.41) is 10.3. The van der Waals surface area contributed by atoms with E-state index in [0.29, 0.717) is 16.9 Å². The maximum Gasteiger partial charge on any atom is 0.343 e. The van der Waals surface area contributed by atoms with Crippen molar-refractivity contribution in [1.29, 1.82) is 0 Å². The minimum absolute atomic E-state index is 0.249. The van der Waals surface area contributed by atoms with Gasteiger partial charge in [0.15, 0.2) is 11.5 Å². The number of aryl methyl sites for hydroxylation is 1. The molecule has 2 rings (SSSR count). The van der Waals surface area contributed by atoms with Gasteiger partial charge in [-0.15, -0.1) is 0 Å². The van der Waals surface area contributed by atoms with Gasteiger partial charge in [-0.3, -0.25) is 10.1 Å². The van der Waals surface area contributed by atoms with Gasteiger partial charge in [-0.05, 0) is 36.2 Å². The molecular formula is C17H15NO5. The number of benzene rings is 2. The number of methoxy groups -OCH3 is 1. The molecular weight excluding hydrogens is 298 g/mol. The van der Waals surface area contributed by atoms with Gasteiger partial charge in [-0.1, -0.05) is 24.3 Å². The average molecular weight is 313 g/mol. The first kappa shape index (κ1) is 16.2. The SMILES string of the molecule is COc1cc(/C=C/[N+](=O)[O-])ccc1OC(=O)c1ccccc1C. The fourth-order valence-corrected chi connectivity index (χ4v) is 1.98. The molecule has 0 amide bonds. The predicted molar refractivity (Wildman–Crippen MR) is 85.2 cm³/mol. The second-order valence-electron chi connectivity index (χ2n) is 4.72. The number of rotatable bonds is 5. The van der Waals surface area contributed by atoms with Gasteiger partial charge in [0.2, 0.25) is 6.20 Å². The van der Waals surface area contributed by atoms with Crippen LogP contribution in [0, 0.1) is 17.0 Å². The Labute approximate surface area is 133 Å². The lowest BCUT2D eigenvalue weighted by atomic mass is 10.1. The molecule has 0 atom stereocenters. The van der Waals surface area contributed by atoms with Gasteiger partial charge in [-0.2, -0.15) is 0 Å². The third kappa shape index (κ3) is 4.16. The molecule has 6 nitrogen and oxygen atoms in total. The van der Waals surface area contributed by atoms with Gasteiger partial charge in [0.05, 0.1) is 17.6 Å². The van der Waals surface area contributed by atoms with Crippen LogP contribution >= 0.6 is 0 Å².